The number of nitrogens with zero attached hydrogens (tertiary/aromatic N) is 4. The smallest absolute Gasteiger partial charge is 0.254 e. The van der Waals surface area contributed by atoms with Crippen molar-refractivity contribution < 1.29 is 14.3 Å². The maximum Gasteiger partial charge on any atom is 0.254 e. The Hall–Kier alpha value is -3.72. The lowest BCUT2D eigenvalue weighted by Crippen LogP contribution is -2.28. The van der Waals surface area contributed by atoms with Gasteiger partial charge in [-0.3, -0.25) is 9.59 Å². The lowest BCUT2D eigenvalue weighted by Gasteiger charge is -2.24. The van der Waals surface area contributed by atoms with Gasteiger partial charge >= 0.3 is 0 Å². The summed E-state index contributed by atoms with van der Waals surface area (Å²) in [6.07, 6.45) is 4.53. The molecule has 36 heavy (non-hydrogen) atoms. The number of amides is 2. The number of aryl methyl sites for hydroxylation is 1. The van der Waals surface area contributed by atoms with Crippen molar-refractivity contribution in [3.63, 3.8) is 0 Å². The highest BCUT2D eigenvalue weighted by molar-refractivity contribution is 6.06. The standard InChI is InChI=1S/C27H30N6O3/c1-32(15-23-28-18-9-3-4-10-19(18)29-23)27(35)17-13-20-24(33(2)25(30-20)16-7-5-8-16)21(14-17)31-26(34)22-11-6-12-36-22/h3-4,9-10,13-14,16,22H,5-8,11-12,15H2,1-2H3,(H,28,29)(H,31,34)/t22-/m1/s1. The van der Waals surface area contributed by atoms with Crippen molar-refractivity contribution in [2.75, 3.05) is 19.0 Å². The van der Waals surface area contributed by atoms with Gasteiger partial charge in [0.15, 0.2) is 0 Å². The fourth-order valence-electron chi connectivity index (χ4n) is 5.22. The number of nitrogens with one attached hydrogen (secondary N) is 2. The van der Waals surface area contributed by atoms with E-state index >= 15 is 0 Å². The average molecular weight is 487 g/mol. The van der Waals surface area contributed by atoms with Gasteiger partial charge < -0.3 is 24.5 Å². The molecule has 1 atom stereocenters. The molecule has 1 saturated heterocycles. The summed E-state index contributed by atoms with van der Waals surface area (Å²) in [5.74, 6) is 1.79. The summed E-state index contributed by atoms with van der Waals surface area (Å²) in [5.41, 5.74) is 4.41. The first kappa shape index (κ1) is 22.7. The van der Waals surface area contributed by atoms with Gasteiger partial charge in [0, 0.05) is 32.2 Å². The van der Waals surface area contributed by atoms with E-state index in [0.29, 0.717) is 48.1 Å². The Bertz CT molecular complexity index is 1430. The van der Waals surface area contributed by atoms with Crippen molar-refractivity contribution in [2.24, 2.45) is 7.05 Å². The topological polar surface area (TPSA) is 105 Å². The third-order valence-electron chi connectivity index (χ3n) is 7.37. The number of rotatable bonds is 6. The van der Waals surface area contributed by atoms with Gasteiger partial charge in [-0.05, 0) is 49.9 Å². The van der Waals surface area contributed by atoms with E-state index in [2.05, 4.69) is 19.9 Å². The predicted octanol–water partition coefficient (Wildman–Crippen LogP) is 4.11. The van der Waals surface area contributed by atoms with Crippen LogP contribution in [-0.4, -0.2) is 56.0 Å². The number of fused-ring (bicyclic) bond motifs is 2. The van der Waals surface area contributed by atoms with Crippen LogP contribution in [0.4, 0.5) is 5.69 Å². The molecule has 9 nitrogen and oxygen atoms in total. The number of H-pyrrole nitrogens is 1. The zero-order chi connectivity index (χ0) is 24.8. The molecule has 6 rings (SSSR count). The molecule has 1 saturated carbocycles. The number of benzene rings is 2. The molecule has 186 valence electrons. The van der Waals surface area contributed by atoms with Crippen molar-refractivity contribution in [3.05, 3.63) is 53.6 Å². The maximum absolute atomic E-state index is 13.5. The molecule has 2 aromatic heterocycles. The summed E-state index contributed by atoms with van der Waals surface area (Å²) in [7, 11) is 3.74. The SMILES string of the molecule is CN(Cc1nc2ccccc2[nH]1)C(=O)c1cc(NC(=O)[C@H]2CCCO2)c2c(c1)nc(C1CCC1)n2C. The van der Waals surface area contributed by atoms with Crippen LogP contribution in [0.25, 0.3) is 22.1 Å². The van der Waals surface area contributed by atoms with Crippen molar-refractivity contribution in [1.29, 1.82) is 0 Å². The van der Waals surface area contributed by atoms with Crippen LogP contribution in [0.5, 0.6) is 0 Å². The van der Waals surface area contributed by atoms with E-state index in [-0.39, 0.29) is 11.8 Å². The molecule has 4 aromatic rings. The normalized spacial score (nSPS) is 18.0. The molecule has 0 unspecified atom stereocenters. The molecule has 1 aliphatic carbocycles. The van der Waals surface area contributed by atoms with Gasteiger partial charge in [-0.25, -0.2) is 9.97 Å². The lowest BCUT2D eigenvalue weighted by atomic mass is 9.85. The summed E-state index contributed by atoms with van der Waals surface area (Å²) in [6, 6.07) is 11.4. The first-order valence-corrected chi connectivity index (χ1v) is 12.6. The number of aromatic nitrogens is 4. The van der Waals surface area contributed by atoms with Gasteiger partial charge in [0.2, 0.25) is 0 Å². The van der Waals surface area contributed by atoms with Crippen molar-refractivity contribution in [2.45, 2.75) is 50.7 Å². The molecule has 2 aliphatic rings. The molecule has 9 heteroatoms. The monoisotopic (exact) mass is 486 g/mol. The number of hydrogen-bond acceptors (Lipinski definition) is 5. The molecule has 1 aliphatic heterocycles. The minimum absolute atomic E-state index is 0.166. The van der Waals surface area contributed by atoms with E-state index in [9.17, 15) is 9.59 Å². The predicted molar refractivity (Wildman–Crippen MR) is 137 cm³/mol. The molecule has 0 bridgehead atoms. The Labute approximate surface area is 208 Å². The Morgan fingerprint density at radius 3 is 2.69 bits per heavy atom. The minimum atomic E-state index is -0.463. The Balaban J connectivity index is 1.33. The molecule has 0 radical (unpaired) electrons. The molecule has 2 amide bonds. The molecular weight excluding hydrogens is 456 g/mol. The maximum atomic E-state index is 13.5. The van der Waals surface area contributed by atoms with Crippen LogP contribution >= 0.6 is 0 Å². The van der Waals surface area contributed by atoms with E-state index in [0.717, 1.165) is 41.6 Å². The second-order valence-corrected chi connectivity index (χ2v) is 9.90. The summed E-state index contributed by atoms with van der Waals surface area (Å²) >= 11 is 0. The quantitative estimate of drug-likeness (QED) is 0.427. The molecule has 0 spiro atoms. The van der Waals surface area contributed by atoms with Gasteiger partial charge in [0.1, 0.15) is 17.8 Å². The zero-order valence-electron chi connectivity index (χ0n) is 20.6. The van der Waals surface area contributed by atoms with Crippen LogP contribution in [0.3, 0.4) is 0 Å². The van der Waals surface area contributed by atoms with Crippen LogP contribution in [0, 0.1) is 0 Å². The first-order chi connectivity index (χ1) is 17.5. The van der Waals surface area contributed by atoms with Crippen LogP contribution in [0.1, 0.15) is 60.0 Å². The number of ether oxygens (including phenoxy) is 1. The van der Waals surface area contributed by atoms with Gasteiger partial charge in [-0.2, -0.15) is 0 Å². The number of carbonyl (C=O) groups excluding carboxylic acids is 2. The van der Waals surface area contributed by atoms with Gasteiger partial charge in [0.05, 0.1) is 34.3 Å². The molecule has 2 aromatic carbocycles. The minimum Gasteiger partial charge on any atom is -0.368 e. The van der Waals surface area contributed by atoms with Gasteiger partial charge in [-0.1, -0.05) is 18.6 Å². The first-order valence-electron chi connectivity index (χ1n) is 12.6. The number of para-hydroxylation sites is 2. The van der Waals surface area contributed by atoms with Gasteiger partial charge in [-0.15, -0.1) is 0 Å². The van der Waals surface area contributed by atoms with Crippen LogP contribution < -0.4 is 5.32 Å². The van der Waals surface area contributed by atoms with E-state index in [1.165, 1.54) is 6.42 Å². The summed E-state index contributed by atoms with van der Waals surface area (Å²) < 4.78 is 7.65. The van der Waals surface area contributed by atoms with Crippen molar-refractivity contribution in [3.8, 4) is 0 Å². The third-order valence-corrected chi connectivity index (χ3v) is 7.37. The second kappa shape index (κ2) is 9.05. The highest BCUT2D eigenvalue weighted by atomic mass is 16.5. The van der Waals surface area contributed by atoms with E-state index in [4.69, 9.17) is 9.72 Å². The average Bonchev–Trinajstić information content (AvgIpc) is 3.57. The Morgan fingerprint density at radius 1 is 1.14 bits per heavy atom. The fourth-order valence-corrected chi connectivity index (χ4v) is 5.22. The molecule has 2 N–H and O–H groups in total. The van der Waals surface area contributed by atoms with Crippen LogP contribution in [-0.2, 0) is 23.1 Å². The number of aromatic amines is 1. The summed E-state index contributed by atoms with van der Waals surface area (Å²) in [6.45, 7) is 0.925. The summed E-state index contributed by atoms with van der Waals surface area (Å²) in [4.78, 5) is 40.9. The second-order valence-electron chi connectivity index (χ2n) is 9.90. The molecule has 3 heterocycles. The highest BCUT2D eigenvalue weighted by Crippen LogP contribution is 2.38. The zero-order valence-corrected chi connectivity index (χ0v) is 20.6. The Kier molecular flexibility index (Phi) is 5.72. The molecular formula is C27H30N6O3. The number of imidazole rings is 2. The number of hydrogen-bond donors (Lipinski definition) is 2. The largest absolute Gasteiger partial charge is 0.368 e. The van der Waals surface area contributed by atoms with Crippen molar-refractivity contribution in [1.82, 2.24) is 24.4 Å². The van der Waals surface area contributed by atoms with Crippen LogP contribution in [0.15, 0.2) is 36.4 Å². The van der Waals surface area contributed by atoms with Gasteiger partial charge in [0.25, 0.3) is 11.8 Å². The third kappa shape index (κ3) is 4.03. The highest BCUT2D eigenvalue weighted by Gasteiger charge is 2.29. The lowest BCUT2D eigenvalue weighted by molar-refractivity contribution is -0.124. The van der Waals surface area contributed by atoms with E-state index in [1.54, 1.807) is 18.0 Å². The van der Waals surface area contributed by atoms with E-state index < -0.39 is 6.10 Å². The molecule has 2 fully saturated rings. The fraction of sp³-hybridized carbons (Fsp3) is 0.407. The van der Waals surface area contributed by atoms with Crippen LogP contribution in [0.2, 0.25) is 0 Å². The van der Waals surface area contributed by atoms with E-state index in [1.807, 2.05) is 37.4 Å². The Morgan fingerprint density at radius 2 is 1.97 bits per heavy atom. The van der Waals surface area contributed by atoms with Crippen molar-refractivity contribution >= 4 is 39.6 Å². The summed E-state index contributed by atoms with van der Waals surface area (Å²) in [5, 5.41) is 3.04. The number of anilines is 1. The number of carbonyl (C=O) groups is 2.